The quantitative estimate of drug-likeness (QED) is 0.874. The van der Waals surface area contributed by atoms with Gasteiger partial charge in [-0.05, 0) is 18.8 Å². The summed E-state index contributed by atoms with van der Waals surface area (Å²) >= 11 is 0. The zero-order chi connectivity index (χ0) is 13.9. The fourth-order valence-corrected chi connectivity index (χ4v) is 2.08. The van der Waals surface area contributed by atoms with E-state index in [4.69, 9.17) is 4.74 Å². The van der Waals surface area contributed by atoms with Gasteiger partial charge in [-0.15, -0.1) is 0 Å². The van der Waals surface area contributed by atoms with E-state index in [0.717, 1.165) is 19.0 Å². The molecule has 1 aliphatic carbocycles. The Bertz CT molecular complexity index is 501. The van der Waals surface area contributed by atoms with Crippen LogP contribution in [0.1, 0.15) is 23.3 Å². The second-order valence-corrected chi connectivity index (χ2v) is 5.12. The van der Waals surface area contributed by atoms with Gasteiger partial charge in [0.1, 0.15) is 0 Å². The number of hydrogen-bond acceptors (Lipinski definition) is 5. The van der Waals surface area contributed by atoms with Gasteiger partial charge >= 0.3 is 0 Å². The van der Waals surface area contributed by atoms with Crippen LogP contribution in [0.15, 0.2) is 6.20 Å². The largest absolute Gasteiger partial charge is 0.378 e. The smallest absolute Gasteiger partial charge is 0.273 e. The number of ether oxygens (including phenoxy) is 1. The van der Waals surface area contributed by atoms with E-state index in [2.05, 4.69) is 15.3 Å². The highest BCUT2D eigenvalue weighted by molar-refractivity contribution is 5.92. The van der Waals surface area contributed by atoms with Crippen LogP contribution in [0.25, 0.3) is 0 Å². The predicted octanol–water partition coefficient (Wildman–Crippen LogP) is 0.592. The molecule has 2 aliphatic rings. The molecular weight excluding hydrogens is 263 g/mol. The SMILES string of the molecule is O=C(NCC1CC1)c1nc(N2CCOCC2)ncc1F. The van der Waals surface area contributed by atoms with Crippen molar-refractivity contribution in [1.29, 1.82) is 0 Å². The molecule has 0 radical (unpaired) electrons. The maximum absolute atomic E-state index is 13.7. The summed E-state index contributed by atoms with van der Waals surface area (Å²) in [6, 6.07) is 0. The Morgan fingerprint density at radius 1 is 1.45 bits per heavy atom. The zero-order valence-electron chi connectivity index (χ0n) is 11.1. The van der Waals surface area contributed by atoms with Crippen LogP contribution in [0, 0.1) is 11.7 Å². The molecule has 0 aromatic carbocycles. The average molecular weight is 280 g/mol. The van der Waals surface area contributed by atoms with Crippen molar-refractivity contribution in [3.8, 4) is 0 Å². The van der Waals surface area contributed by atoms with Crippen molar-refractivity contribution in [2.75, 3.05) is 37.7 Å². The minimum absolute atomic E-state index is 0.179. The van der Waals surface area contributed by atoms with Crippen molar-refractivity contribution >= 4 is 11.9 Å². The molecule has 1 saturated carbocycles. The lowest BCUT2D eigenvalue weighted by atomic mass is 10.3. The van der Waals surface area contributed by atoms with E-state index in [1.54, 1.807) is 0 Å². The summed E-state index contributed by atoms with van der Waals surface area (Å²) in [4.78, 5) is 21.9. The summed E-state index contributed by atoms with van der Waals surface area (Å²) in [6.45, 7) is 3.06. The first-order valence-electron chi connectivity index (χ1n) is 6.87. The fraction of sp³-hybridized carbons (Fsp3) is 0.615. The van der Waals surface area contributed by atoms with E-state index < -0.39 is 11.7 Å². The number of anilines is 1. The van der Waals surface area contributed by atoms with Crippen molar-refractivity contribution < 1.29 is 13.9 Å². The van der Waals surface area contributed by atoms with Gasteiger partial charge in [0.2, 0.25) is 5.95 Å². The van der Waals surface area contributed by atoms with Crippen molar-refractivity contribution in [2.24, 2.45) is 5.92 Å². The molecule has 1 N–H and O–H groups in total. The van der Waals surface area contributed by atoms with Gasteiger partial charge in [-0.2, -0.15) is 0 Å². The molecule has 20 heavy (non-hydrogen) atoms. The highest BCUT2D eigenvalue weighted by Crippen LogP contribution is 2.27. The predicted molar refractivity (Wildman–Crippen MR) is 70.1 cm³/mol. The number of morpholine rings is 1. The van der Waals surface area contributed by atoms with E-state index in [-0.39, 0.29) is 5.69 Å². The number of rotatable bonds is 4. The molecule has 1 amide bonds. The number of amides is 1. The Labute approximate surface area is 116 Å². The summed E-state index contributed by atoms with van der Waals surface area (Å²) in [5.41, 5.74) is -0.179. The molecule has 2 heterocycles. The monoisotopic (exact) mass is 280 g/mol. The summed E-state index contributed by atoms with van der Waals surface area (Å²) in [5.74, 6) is -0.226. The van der Waals surface area contributed by atoms with Crippen molar-refractivity contribution in [3.63, 3.8) is 0 Å². The van der Waals surface area contributed by atoms with E-state index in [9.17, 15) is 9.18 Å². The van der Waals surface area contributed by atoms with Gasteiger partial charge in [-0.3, -0.25) is 4.79 Å². The number of aromatic nitrogens is 2. The maximum atomic E-state index is 13.7. The Hall–Kier alpha value is -1.76. The topological polar surface area (TPSA) is 67.4 Å². The number of nitrogens with zero attached hydrogens (tertiary/aromatic N) is 3. The lowest BCUT2D eigenvalue weighted by Gasteiger charge is -2.26. The Morgan fingerprint density at radius 3 is 2.90 bits per heavy atom. The number of hydrogen-bond donors (Lipinski definition) is 1. The zero-order valence-corrected chi connectivity index (χ0v) is 11.1. The lowest BCUT2D eigenvalue weighted by molar-refractivity contribution is 0.0942. The molecule has 1 saturated heterocycles. The third kappa shape index (κ3) is 3.04. The molecule has 3 rings (SSSR count). The second kappa shape index (κ2) is 5.70. The first-order valence-corrected chi connectivity index (χ1v) is 6.87. The number of carbonyl (C=O) groups excluding carboxylic acids is 1. The molecule has 1 aromatic heterocycles. The molecule has 108 valence electrons. The standard InChI is InChI=1S/C13H17FN4O2/c14-10-8-16-13(18-3-5-20-6-4-18)17-11(10)12(19)15-7-9-1-2-9/h8-9H,1-7H2,(H,15,19). The molecular formula is C13H17FN4O2. The average Bonchev–Trinajstić information content (AvgIpc) is 3.30. The minimum Gasteiger partial charge on any atom is -0.378 e. The van der Waals surface area contributed by atoms with Gasteiger partial charge in [0, 0.05) is 19.6 Å². The fourth-order valence-electron chi connectivity index (χ4n) is 2.08. The number of carbonyl (C=O) groups is 1. The van der Waals surface area contributed by atoms with Crippen LogP contribution in [0.3, 0.4) is 0 Å². The van der Waals surface area contributed by atoms with Crippen molar-refractivity contribution in [1.82, 2.24) is 15.3 Å². The third-order valence-electron chi connectivity index (χ3n) is 3.49. The number of nitrogens with one attached hydrogen (secondary N) is 1. The summed E-state index contributed by atoms with van der Waals surface area (Å²) < 4.78 is 18.9. The highest BCUT2D eigenvalue weighted by atomic mass is 19.1. The first-order chi connectivity index (χ1) is 9.74. The van der Waals surface area contributed by atoms with Gasteiger partial charge in [0.15, 0.2) is 11.5 Å². The normalized spacial score (nSPS) is 18.9. The highest BCUT2D eigenvalue weighted by Gasteiger charge is 2.24. The Kier molecular flexibility index (Phi) is 3.77. The van der Waals surface area contributed by atoms with Gasteiger partial charge in [-0.1, -0.05) is 0 Å². The van der Waals surface area contributed by atoms with Crippen LogP contribution in [0.5, 0.6) is 0 Å². The van der Waals surface area contributed by atoms with Gasteiger partial charge in [0.05, 0.1) is 19.4 Å². The Balaban J connectivity index is 1.72. The first kappa shape index (κ1) is 13.2. The summed E-state index contributed by atoms with van der Waals surface area (Å²) in [5, 5.41) is 2.72. The molecule has 1 aliphatic heterocycles. The molecule has 0 bridgehead atoms. The molecule has 7 heteroatoms. The summed E-state index contributed by atoms with van der Waals surface area (Å²) in [6.07, 6.45) is 3.32. The Morgan fingerprint density at radius 2 is 2.20 bits per heavy atom. The van der Waals surface area contributed by atoms with Crippen molar-refractivity contribution in [3.05, 3.63) is 17.7 Å². The molecule has 0 unspecified atom stereocenters. The van der Waals surface area contributed by atoms with E-state index in [1.165, 1.54) is 0 Å². The van der Waals surface area contributed by atoms with E-state index in [1.807, 2.05) is 4.90 Å². The van der Waals surface area contributed by atoms with Crippen LogP contribution in [0.2, 0.25) is 0 Å². The molecule has 0 atom stereocenters. The summed E-state index contributed by atoms with van der Waals surface area (Å²) in [7, 11) is 0. The number of halogens is 1. The van der Waals surface area contributed by atoms with Crippen LogP contribution >= 0.6 is 0 Å². The molecule has 0 spiro atoms. The van der Waals surface area contributed by atoms with Crippen LogP contribution in [0.4, 0.5) is 10.3 Å². The van der Waals surface area contributed by atoms with Crippen molar-refractivity contribution in [2.45, 2.75) is 12.8 Å². The molecule has 6 nitrogen and oxygen atoms in total. The minimum atomic E-state index is -0.685. The molecule has 1 aromatic rings. The van der Waals surface area contributed by atoms with Crippen LogP contribution in [-0.2, 0) is 4.74 Å². The third-order valence-corrected chi connectivity index (χ3v) is 3.49. The van der Waals surface area contributed by atoms with Crippen LogP contribution < -0.4 is 10.2 Å². The van der Waals surface area contributed by atoms with Gasteiger partial charge in [-0.25, -0.2) is 14.4 Å². The second-order valence-electron chi connectivity index (χ2n) is 5.12. The van der Waals surface area contributed by atoms with E-state index in [0.29, 0.717) is 44.7 Å². The molecule has 2 fully saturated rings. The lowest BCUT2D eigenvalue weighted by Crippen LogP contribution is -2.38. The van der Waals surface area contributed by atoms with Crippen LogP contribution in [-0.4, -0.2) is 48.7 Å². The van der Waals surface area contributed by atoms with Gasteiger partial charge in [0.25, 0.3) is 5.91 Å². The van der Waals surface area contributed by atoms with E-state index >= 15 is 0 Å². The van der Waals surface area contributed by atoms with Gasteiger partial charge < -0.3 is 15.0 Å². The maximum Gasteiger partial charge on any atom is 0.273 e.